The first-order chi connectivity index (χ1) is 35.0. The third kappa shape index (κ3) is 30.0. The van der Waals surface area contributed by atoms with E-state index in [1.165, 1.54) is 38.5 Å². The summed E-state index contributed by atoms with van der Waals surface area (Å²) in [7, 11) is 0. The van der Waals surface area contributed by atoms with Crippen molar-refractivity contribution in [2.24, 2.45) is 0 Å². The van der Waals surface area contributed by atoms with E-state index in [0.717, 1.165) is 70.6 Å². The molecule has 2 aliphatic heterocycles. The van der Waals surface area contributed by atoms with Gasteiger partial charge in [-0.05, 0) is 89.9 Å². The summed E-state index contributed by atoms with van der Waals surface area (Å²) in [5.74, 6) is -1.03. The number of unbranched alkanes of at least 4 members (excludes halogenated alkanes) is 10. The van der Waals surface area contributed by atoms with Gasteiger partial charge in [-0.2, -0.15) is 0 Å². The Morgan fingerprint density at radius 1 is 0.458 bits per heavy atom. The summed E-state index contributed by atoms with van der Waals surface area (Å²) in [6, 6.07) is 0. The van der Waals surface area contributed by atoms with E-state index in [9.17, 15) is 45.3 Å². The molecular formula is C57H92O15. The van der Waals surface area contributed by atoms with Crippen molar-refractivity contribution in [2.75, 3.05) is 26.4 Å². The van der Waals surface area contributed by atoms with Crippen molar-refractivity contribution >= 4 is 11.9 Å². The molecule has 2 heterocycles. The maximum absolute atomic E-state index is 13.0. The van der Waals surface area contributed by atoms with E-state index in [1.807, 2.05) is 12.2 Å². The van der Waals surface area contributed by atoms with E-state index in [0.29, 0.717) is 19.3 Å². The van der Waals surface area contributed by atoms with E-state index < -0.39 is 99.3 Å². The predicted octanol–water partition coefficient (Wildman–Crippen LogP) is 8.15. The van der Waals surface area contributed by atoms with Crippen molar-refractivity contribution < 1.29 is 73.8 Å². The summed E-state index contributed by atoms with van der Waals surface area (Å²) in [4.78, 5) is 25.8. The molecule has 0 aromatic heterocycles. The minimum absolute atomic E-state index is 0.0801. The Balaban J connectivity index is 1.84. The van der Waals surface area contributed by atoms with E-state index in [4.69, 9.17) is 28.4 Å². The van der Waals surface area contributed by atoms with Gasteiger partial charge in [-0.3, -0.25) is 9.59 Å². The lowest BCUT2D eigenvalue weighted by Gasteiger charge is -2.42. The first kappa shape index (κ1) is 64.5. The summed E-state index contributed by atoms with van der Waals surface area (Å²) in [5, 5.41) is 72.2. The van der Waals surface area contributed by atoms with E-state index >= 15 is 0 Å². The van der Waals surface area contributed by atoms with Crippen LogP contribution < -0.4 is 0 Å². The Bertz CT molecular complexity index is 1620. The molecule has 0 amide bonds. The van der Waals surface area contributed by atoms with Gasteiger partial charge >= 0.3 is 11.9 Å². The molecule has 0 aromatic rings. The van der Waals surface area contributed by atoms with Gasteiger partial charge in [0.1, 0.15) is 55.4 Å². The van der Waals surface area contributed by atoms with Crippen LogP contribution in [0.15, 0.2) is 97.2 Å². The number of hydrogen-bond donors (Lipinski definition) is 7. The quantitative estimate of drug-likeness (QED) is 0.0174. The third-order valence-electron chi connectivity index (χ3n) is 12.0. The van der Waals surface area contributed by atoms with Gasteiger partial charge in [-0.25, -0.2) is 0 Å². The maximum atomic E-state index is 13.0. The second-order valence-corrected chi connectivity index (χ2v) is 18.3. The van der Waals surface area contributed by atoms with Gasteiger partial charge in [0.2, 0.25) is 0 Å². The van der Waals surface area contributed by atoms with E-state index in [1.54, 1.807) is 0 Å². The largest absolute Gasteiger partial charge is 0.462 e. The van der Waals surface area contributed by atoms with Gasteiger partial charge in [0.25, 0.3) is 0 Å². The summed E-state index contributed by atoms with van der Waals surface area (Å²) < 4.78 is 33.5. The number of carbonyl (C=O) groups excluding carboxylic acids is 2. The molecule has 15 heteroatoms. The van der Waals surface area contributed by atoms with Gasteiger partial charge in [0.15, 0.2) is 18.7 Å². The molecule has 0 bridgehead atoms. The summed E-state index contributed by atoms with van der Waals surface area (Å²) >= 11 is 0. The summed E-state index contributed by atoms with van der Waals surface area (Å²) in [5.41, 5.74) is 0. The normalized spacial score (nSPS) is 25.8. The van der Waals surface area contributed by atoms with Gasteiger partial charge < -0.3 is 64.2 Å². The Hall–Kier alpha value is -3.58. The van der Waals surface area contributed by atoms with Gasteiger partial charge in [0.05, 0.1) is 19.8 Å². The molecule has 0 aliphatic carbocycles. The van der Waals surface area contributed by atoms with Crippen molar-refractivity contribution in [3.8, 4) is 0 Å². The Labute approximate surface area is 430 Å². The molecule has 4 unspecified atom stereocenters. The van der Waals surface area contributed by atoms with Gasteiger partial charge in [0, 0.05) is 12.8 Å². The van der Waals surface area contributed by atoms with Crippen LogP contribution >= 0.6 is 0 Å². The molecule has 0 radical (unpaired) electrons. The highest BCUT2D eigenvalue weighted by molar-refractivity contribution is 5.70. The van der Waals surface area contributed by atoms with Crippen LogP contribution in [0.2, 0.25) is 0 Å². The number of rotatable bonds is 40. The molecule has 2 aliphatic rings. The molecule has 0 spiro atoms. The molecule has 11 atom stereocenters. The van der Waals surface area contributed by atoms with E-state index in [2.05, 4.69) is 98.9 Å². The molecule has 2 fully saturated rings. The number of allylic oxidation sites excluding steroid dienone is 16. The van der Waals surface area contributed by atoms with Crippen LogP contribution in [0.1, 0.15) is 155 Å². The second-order valence-electron chi connectivity index (χ2n) is 18.3. The van der Waals surface area contributed by atoms with Crippen LogP contribution in [-0.2, 0) is 38.0 Å². The molecular weight excluding hydrogens is 925 g/mol. The third-order valence-corrected chi connectivity index (χ3v) is 12.0. The maximum Gasteiger partial charge on any atom is 0.306 e. The molecule has 410 valence electrons. The lowest BCUT2D eigenvalue weighted by Crippen LogP contribution is -2.61. The number of aliphatic hydroxyl groups is 7. The van der Waals surface area contributed by atoms with Crippen molar-refractivity contribution in [1.82, 2.24) is 0 Å². The second kappa shape index (κ2) is 42.7. The lowest BCUT2D eigenvalue weighted by molar-refractivity contribution is -0.332. The molecule has 72 heavy (non-hydrogen) atoms. The average Bonchev–Trinajstić information content (AvgIpc) is 3.37. The predicted molar refractivity (Wildman–Crippen MR) is 279 cm³/mol. The number of esters is 2. The van der Waals surface area contributed by atoms with Crippen LogP contribution in [0.3, 0.4) is 0 Å². The molecule has 0 aromatic carbocycles. The van der Waals surface area contributed by atoms with Crippen LogP contribution in [0.25, 0.3) is 0 Å². The summed E-state index contributed by atoms with van der Waals surface area (Å²) in [6.07, 6.45) is 37.2. The fraction of sp³-hybridized carbons (Fsp3) is 0.684. The highest BCUT2D eigenvalue weighted by atomic mass is 16.7. The van der Waals surface area contributed by atoms with Crippen LogP contribution in [-0.4, -0.2) is 142 Å². The van der Waals surface area contributed by atoms with Crippen LogP contribution in [0.4, 0.5) is 0 Å². The average molecular weight is 1020 g/mol. The SMILES string of the molecule is CC/C=C/C/C=C/C/C=C/C/C=C/C/C=C/CCCCCC(=O)OC[C@@H](CO[C@@H]1O[C@H](CO[C@@H]2O[C@H](CO)[C@H](O)C(O)C2O)[C@H](O)C(O)C1O)OC(=O)CCC/C=C/C/C=C/C/C=C/CCCCCCCC. The first-order valence-corrected chi connectivity index (χ1v) is 26.8. The zero-order valence-corrected chi connectivity index (χ0v) is 43.4. The standard InChI is InChI=1S/C57H92O15/c1-3-5-7-9-11-13-15-17-19-21-22-24-25-27-29-31-33-35-37-39-48(59)67-42-45(70-49(60)40-38-36-34-32-30-28-26-23-20-18-16-14-12-10-8-6-4-2)43-68-56-55(66)53(64)51(62)47(72-56)44-69-57-54(65)52(63)50(61)46(41-58)71-57/h5,7,11,13,17-20,22,24,26-29,32,34,45-47,50-58,61-66H,3-4,6,8-10,12,14-16,21,23,25,30-31,33,35-44H2,1-2H3/b7-5+,13-11+,19-17+,20-18+,24-22+,28-26+,29-27+,34-32+/t45-,46+,47+,50-,51-,52?,53?,54?,55?,56+,57+/m0/s1. The molecule has 15 nitrogen and oxygen atoms in total. The fourth-order valence-corrected chi connectivity index (χ4v) is 7.67. The fourth-order valence-electron chi connectivity index (χ4n) is 7.67. The Morgan fingerprint density at radius 3 is 1.42 bits per heavy atom. The number of hydrogen-bond acceptors (Lipinski definition) is 15. The van der Waals surface area contributed by atoms with Crippen molar-refractivity contribution in [2.45, 2.75) is 223 Å². The zero-order chi connectivity index (χ0) is 52.4. The summed E-state index contributed by atoms with van der Waals surface area (Å²) in [6.45, 7) is 2.36. The Morgan fingerprint density at radius 2 is 0.889 bits per heavy atom. The van der Waals surface area contributed by atoms with Crippen molar-refractivity contribution in [1.29, 1.82) is 0 Å². The van der Waals surface area contributed by atoms with Gasteiger partial charge in [-0.1, -0.05) is 150 Å². The van der Waals surface area contributed by atoms with Crippen molar-refractivity contribution in [3.05, 3.63) is 97.2 Å². The lowest BCUT2D eigenvalue weighted by atomic mass is 9.98. The molecule has 0 saturated carbocycles. The molecule has 7 N–H and O–H groups in total. The number of carbonyl (C=O) groups is 2. The number of aliphatic hydroxyl groups excluding tert-OH is 7. The number of ether oxygens (including phenoxy) is 6. The monoisotopic (exact) mass is 1020 g/mol. The topological polar surface area (TPSA) is 231 Å². The smallest absolute Gasteiger partial charge is 0.306 e. The Kier molecular flexibility index (Phi) is 38.3. The van der Waals surface area contributed by atoms with E-state index in [-0.39, 0.29) is 19.4 Å². The highest BCUT2D eigenvalue weighted by Gasteiger charge is 2.47. The van der Waals surface area contributed by atoms with Crippen LogP contribution in [0, 0.1) is 0 Å². The molecule has 2 saturated heterocycles. The van der Waals surface area contributed by atoms with Crippen molar-refractivity contribution in [3.63, 3.8) is 0 Å². The van der Waals surface area contributed by atoms with Gasteiger partial charge in [-0.15, -0.1) is 0 Å². The zero-order valence-electron chi connectivity index (χ0n) is 43.4. The molecule has 2 rings (SSSR count). The first-order valence-electron chi connectivity index (χ1n) is 26.8. The van der Waals surface area contributed by atoms with Crippen LogP contribution in [0.5, 0.6) is 0 Å². The highest BCUT2D eigenvalue weighted by Crippen LogP contribution is 2.26. The minimum atomic E-state index is -1.79. The minimum Gasteiger partial charge on any atom is -0.462 e.